The van der Waals surface area contributed by atoms with Crippen molar-refractivity contribution < 1.29 is 0 Å². The minimum atomic E-state index is 0. The number of nitrogens with zero attached hydrogens (tertiary/aromatic N) is 2. The van der Waals surface area contributed by atoms with Gasteiger partial charge in [0.1, 0.15) is 0 Å². The zero-order valence-electron chi connectivity index (χ0n) is 12.1. The van der Waals surface area contributed by atoms with Gasteiger partial charge >= 0.3 is 0 Å². The number of aromatic nitrogens is 2. The molecule has 0 fully saturated rings. The molecule has 2 aromatic carbocycles. The van der Waals surface area contributed by atoms with Gasteiger partial charge in [-0.3, -0.25) is 4.98 Å². The molecule has 0 saturated heterocycles. The van der Waals surface area contributed by atoms with Crippen molar-refractivity contribution in [2.24, 2.45) is 0 Å². The summed E-state index contributed by atoms with van der Waals surface area (Å²) in [7, 11) is 0. The van der Waals surface area contributed by atoms with Crippen molar-refractivity contribution in [2.45, 2.75) is 0 Å². The lowest BCUT2D eigenvalue weighted by Crippen LogP contribution is -1.89. The van der Waals surface area contributed by atoms with Crippen LogP contribution >= 0.6 is 28.3 Å². The van der Waals surface area contributed by atoms with Gasteiger partial charge in [0, 0.05) is 29.0 Å². The van der Waals surface area contributed by atoms with Crippen LogP contribution in [0.1, 0.15) is 0 Å². The molecule has 0 amide bonds. The van der Waals surface area contributed by atoms with Gasteiger partial charge in [-0.25, -0.2) is 4.98 Å². The fraction of sp³-hybridized carbons (Fsp3) is 0. The Hall–Kier alpha value is -2.24. The summed E-state index contributed by atoms with van der Waals surface area (Å²) < 4.78 is 0. The van der Waals surface area contributed by atoms with Crippen LogP contribution in [0, 0.1) is 0 Å². The third-order valence-corrected chi connectivity index (χ3v) is 4.22. The van der Waals surface area contributed by atoms with Gasteiger partial charge in [0.25, 0.3) is 0 Å². The van der Waals surface area contributed by atoms with E-state index in [1.165, 1.54) is 10.8 Å². The number of rotatable bonds is 3. The van der Waals surface area contributed by atoms with E-state index in [-0.39, 0.29) is 17.0 Å². The quantitative estimate of drug-likeness (QED) is 0.494. The molecule has 0 aliphatic rings. The molecule has 2 heterocycles. The van der Waals surface area contributed by atoms with Crippen LogP contribution in [0.15, 0.2) is 72.4 Å². The van der Waals surface area contributed by atoms with Gasteiger partial charge in [-0.15, -0.1) is 28.3 Å². The van der Waals surface area contributed by atoms with Crippen molar-refractivity contribution in [3.63, 3.8) is 0 Å². The zero-order valence-corrected chi connectivity index (χ0v) is 14.7. The molecule has 0 bridgehead atoms. The van der Waals surface area contributed by atoms with E-state index < -0.39 is 0 Å². The topological polar surface area (TPSA) is 37.8 Å². The predicted octanol–water partition coefficient (Wildman–Crippen LogP) is 5.68. The van der Waals surface area contributed by atoms with Gasteiger partial charge in [0.2, 0.25) is 0 Å². The second-order valence-electron chi connectivity index (χ2n) is 4.97. The maximum atomic E-state index is 4.62. The number of nitrogens with one attached hydrogen (secondary N) is 1. The van der Waals surface area contributed by atoms with E-state index in [1.807, 2.05) is 23.7 Å². The fourth-order valence-electron chi connectivity index (χ4n) is 2.37. The minimum Gasteiger partial charge on any atom is -0.332 e. The molecule has 0 aliphatic carbocycles. The molecule has 5 heteroatoms. The number of anilines is 2. The number of halogens is 1. The number of pyridine rings is 1. The van der Waals surface area contributed by atoms with Crippen molar-refractivity contribution >= 4 is 49.9 Å². The third kappa shape index (κ3) is 3.41. The standard InChI is InChI=1S/C18H13N3S.BrH/c1-2-5-14-10-16(8-7-13(14)4-1)20-18-21-17(12-22-18)15-6-3-9-19-11-15;/h1-12H,(H,20,21);1H. The molecule has 0 aliphatic heterocycles. The fourth-order valence-corrected chi connectivity index (χ4v) is 3.11. The normalized spacial score (nSPS) is 10.3. The summed E-state index contributed by atoms with van der Waals surface area (Å²) in [4.78, 5) is 8.76. The molecule has 2 aromatic heterocycles. The summed E-state index contributed by atoms with van der Waals surface area (Å²) in [5.74, 6) is 0. The molecule has 0 atom stereocenters. The average Bonchev–Trinajstić information content (AvgIpc) is 3.04. The van der Waals surface area contributed by atoms with Crippen LogP contribution < -0.4 is 5.32 Å². The number of thiazole rings is 1. The monoisotopic (exact) mass is 383 g/mol. The highest BCUT2D eigenvalue weighted by molar-refractivity contribution is 8.93. The SMILES string of the molecule is Br.c1cncc(-c2csc(Nc3ccc4ccccc4c3)n2)c1. The van der Waals surface area contributed by atoms with Crippen molar-refractivity contribution in [1.82, 2.24) is 9.97 Å². The van der Waals surface area contributed by atoms with Crippen LogP contribution in [0.5, 0.6) is 0 Å². The first-order valence-electron chi connectivity index (χ1n) is 7.00. The Bertz CT molecular complexity index is 922. The van der Waals surface area contributed by atoms with Gasteiger partial charge in [0.15, 0.2) is 5.13 Å². The molecule has 114 valence electrons. The van der Waals surface area contributed by atoms with Gasteiger partial charge in [-0.2, -0.15) is 0 Å². The lowest BCUT2D eigenvalue weighted by molar-refractivity contribution is 1.30. The highest BCUT2D eigenvalue weighted by atomic mass is 79.9. The summed E-state index contributed by atoms with van der Waals surface area (Å²) in [6.07, 6.45) is 3.60. The van der Waals surface area contributed by atoms with Crippen LogP contribution in [-0.4, -0.2) is 9.97 Å². The van der Waals surface area contributed by atoms with Crippen LogP contribution in [0.4, 0.5) is 10.8 Å². The van der Waals surface area contributed by atoms with Crippen molar-refractivity contribution in [2.75, 3.05) is 5.32 Å². The first-order valence-corrected chi connectivity index (χ1v) is 7.88. The summed E-state index contributed by atoms with van der Waals surface area (Å²) in [6.45, 7) is 0. The van der Waals surface area contributed by atoms with E-state index in [2.05, 4.69) is 57.7 Å². The van der Waals surface area contributed by atoms with Gasteiger partial charge < -0.3 is 5.32 Å². The molecule has 0 spiro atoms. The van der Waals surface area contributed by atoms with E-state index in [0.29, 0.717) is 0 Å². The van der Waals surface area contributed by atoms with Crippen molar-refractivity contribution in [3.05, 3.63) is 72.4 Å². The van der Waals surface area contributed by atoms with Crippen LogP contribution in [0.3, 0.4) is 0 Å². The lowest BCUT2D eigenvalue weighted by atomic mass is 10.1. The molecule has 0 unspecified atom stereocenters. The van der Waals surface area contributed by atoms with Gasteiger partial charge in [-0.05, 0) is 35.0 Å². The second-order valence-corrected chi connectivity index (χ2v) is 5.82. The minimum absolute atomic E-state index is 0. The molecule has 4 rings (SSSR count). The third-order valence-electron chi connectivity index (χ3n) is 3.46. The number of fused-ring (bicyclic) bond motifs is 1. The van der Waals surface area contributed by atoms with E-state index in [0.717, 1.165) is 22.1 Å². The summed E-state index contributed by atoms with van der Waals surface area (Å²) in [5.41, 5.74) is 3.03. The van der Waals surface area contributed by atoms with Gasteiger partial charge in [-0.1, -0.05) is 30.3 Å². The molecule has 0 saturated carbocycles. The molecule has 4 aromatic rings. The molecular formula is C18H14BrN3S. The zero-order chi connectivity index (χ0) is 14.8. The van der Waals surface area contributed by atoms with E-state index in [1.54, 1.807) is 17.5 Å². The first kappa shape index (κ1) is 15.6. The Labute approximate surface area is 148 Å². The molecule has 23 heavy (non-hydrogen) atoms. The Kier molecular flexibility index (Phi) is 4.69. The summed E-state index contributed by atoms with van der Waals surface area (Å²) >= 11 is 1.59. The molecule has 3 nitrogen and oxygen atoms in total. The maximum Gasteiger partial charge on any atom is 0.187 e. The van der Waals surface area contributed by atoms with Crippen LogP contribution in [0.25, 0.3) is 22.0 Å². The summed E-state index contributed by atoms with van der Waals surface area (Å²) in [6, 6.07) is 18.6. The van der Waals surface area contributed by atoms with Crippen LogP contribution in [0.2, 0.25) is 0 Å². The van der Waals surface area contributed by atoms with Crippen molar-refractivity contribution in [1.29, 1.82) is 0 Å². The van der Waals surface area contributed by atoms with Gasteiger partial charge in [0.05, 0.1) is 5.69 Å². The lowest BCUT2D eigenvalue weighted by Gasteiger charge is -2.04. The number of benzene rings is 2. The smallest absolute Gasteiger partial charge is 0.187 e. The Morgan fingerprint density at radius 2 is 1.78 bits per heavy atom. The predicted molar refractivity (Wildman–Crippen MR) is 103 cm³/mol. The largest absolute Gasteiger partial charge is 0.332 e. The molecule has 0 radical (unpaired) electrons. The second kappa shape index (κ2) is 6.89. The van der Waals surface area contributed by atoms with Crippen molar-refractivity contribution in [3.8, 4) is 11.3 Å². The Morgan fingerprint density at radius 1 is 0.913 bits per heavy atom. The summed E-state index contributed by atoms with van der Waals surface area (Å²) in [5, 5.41) is 8.76. The number of hydrogen-bond donors (Lipinski definition) is 1. The highest BCUT2D eigenvalue weighted by Gasteiger charge is 2.05. The number of hydrogen-bond acceptors (Lipinski definition) is 4. The molecule has 1 N–H and O–H groups in total. The van der Waals surface area contributed by atoms with E-state index in [9.17, 15) is 0 Å². The average molecular weight is 384 g/mol. The van der Waals surface area contributed by atoms with E-state index >= 15 is 0 Å². The first-order chi connectivity index (χ1) is 10.9. The molecular weight excluding hydrogens is 370 g/mol. The van der Waals surface area contributed by atoms with Crippen LogP contribution in [-0.2, 0) is 0 Å². The highest BCUT2D eigenvalue weighted by Crippen LogP contribution is 2.28. The Morgan fingerprint density at radius 3 is 2.61 bits per heavy atom. The van der Waals surface area contributed by atoms with E-state index in [4.69, 9.17) is 0 Å². The maximum absolute atomic E-state index is 4.62. The Balaban J connectivity index is 0.00000156.